The minimum Gasteiger partial charge on any atom is -0.872 e. The van der Waals surface area contributed by atoms with Crippen molar-refractivity contribution in [3.05, 3.63) is 41.5 Å². The van der Waals surface area contributed by atoms with Gasteiger partial charge < -0.3 is 5.11 Å². The third kappa shape index (κ3) is 3.41. The average Bonchev–Trinajstić information content (AvgIpc) is 2.05. The molecule has 0 heterocycles. The molecule has 0 saturated heterocycles. The van der Waals surface area contributed by atoms with Crippen LogP contribution >= 0.6 is 0 Å². The molecule has 0 unspecified atom stereocenters. The van der Waals surface area contributed by atoms with Crippen molar-refractivity contribution in [2.24, 2.45) is 0 Å². The van der Waals surface area contributed by atoms with Gasteiger partial charge >= 0.3 is 51.4 Å². The molecule has 0 saturated carbocycles. The summed E-state index contributed by atoms with van der Waals surface area (Å²) >= 11 is 0. The first-order valence-corrected chi connectivity index (χ1v) is 3.61. The Bertz CT molecular complexity index is 260. The Kier molecular flexibility index (Phi) is 6.14. The second-order valence-corrected chi connectivity index (χ2v) is 2.70. The van der Waals surface area contributed by atoms with E-state index < -0.39 is 0 Å². The Morgan fingerprint density at radius 3 is 2.00 bits per heavy atom. The third-order valence-electron chi connectivity index (χ3n) is 1.49. The number of hydrogen-bond donors (Lipinski definition) is 0. The van der Waals surface area contributed by atoms with E-state index >= 15 is 0 Å². The zero-order valence-electron chi connectivity index (χ0n) is 7.79. The van der Waals surface area contributed by atoms with Gasteiger partial charge in [-0.1, -0.05) is 35.9 Å². The van der Waals surface area contributed by atoms with Crippen LogP contribution < -0.4 is 56.5 Å². The van der Waals surface area contributed by atoms with E-state index in [4.69, 9.17) is 0 Å². The molecule has 0 spiro atoms. The molecule has 1 aromatic rings. The number of benzene rings is 1. The van der Waals surface area contributed by atoms with Gasteiger partial charge in [0.15, 0.2) is 0 Å². The van der Waals surface area contributed by atoms with E-state index in [1.165, 1.54) is 0 Å². The molecule has 0 radical (unpaired) electrons. The van der Waals surface area contributed by atoms with Crippen LogP contribution in [0.3, 0.4) is 0 Å². The van der Waals surface area contributed by atoms with Crippen molar-refractivity contribution >= 4 is 5.76 Å². The normalized spacial score (nSPS) is 8.50. The molecule has 1 rings (SSSR count). The van der Waals surface area contributed by atoms with Gasteiger partial charge in [-0.05, 0) is 19.4 Å². The maximum atomic E-state index is 11.3. The summed E-state index contributed by atoms with van der Waals surface area (Å²) in [7, 11) is 0. The molecule has 58 valence electrons. The zero-order chi connectivity index (χ0) is 8.27. The number of allylic oxidation sites excluding steroid dienone is 1. The molecule has 0 N–H and O–H groups in total. The van der Waals surface area contributed by atoms with Gasteiger partial charge in [0.2, 0.25) is 0 Å². The van der Waals surface area contributed by atoms with Crippen molar-refractivity contribution in [1.82, 2.24) is 0 Å². The van der Waals surface area contributed by atoms with Gasteiger partial charge in [-0.15, -0.1) is 5.76 Å². The third-order valence-corrected chi connectivity index (χ3v) is 1.49. The molecule has 0 fully saturated rings. The van der Waals surface area contributed by atoms with Crippen molar-refractivity contribution in [3.8, 4) is 0 Å². The monoisotopic (exact) mass is 186 g/mol. The molecule has 0 atom stereocenters. The summed E-state index contributed by atoms with van der Waals surface area (Å²) in [5.41, 5.74) is 1.60. The summed E-state index contributed by atoms with van der Waals surface area (Å²) in [6.45, 7) is 3.66. The van der Waals surface area contributed by atoms with Crippen LogP contribution in [0.4, 0.5) is 0 Å². The fourth-order valence-electron chi connectivity index (χ4n) is 0.878. The van der Waals surface area contributed by atoms with Gasteiger partial charge in [-0.2, -0.15) is 0 Å². The molecule has 0 amide bonds. The second kappa shape index (κ2) is 5.94. The van der Waals surface area contributed by atoms with E-state index in [2.05, 4.69) is 0 Å². The molecule has 0 aliphatic heterocycles. The molecule has 0 bridgehead atoms. The van der Waals surface area contributed by atoms with Gasteiger partial charge in [0.1, 0.15) is 0 Å². The van der Waals surface area contributed by atoms with Gasteiger partial charge in [0, 0.05) is 0 Å². The first-order valence-electron chi connectivity index (χ1n) is 3.61. The Labute approximate surface area is 116 Å². The van der Waals surface area contributed by atoms with E-state index in [-0.39, 0.29) is 57.1 Å². The Hall–Kier alpha value is 0.396. The Balaban J connectivity index is 0.00000121. The van der Waals surface area contributed by atoms with Gasteiger partial charge in [-0.25, -0.2) is 0 Å². The summed E-state index contributed by atoms with van der Waals surface area (Å²) in [4.78, 5) is 0. The van der Waals surface area contributed by atoms with E-state index in [1.807, 2.05) is 44.2 Å². The average molecular weight is 186 g/mol. The minimum atomic E-state index is 0. The molecule has 1 aromatic carbocycles. The van der Waals surface area contributed by atoms with Gasteiger partial charge in [0.25, 0.3) is 0 Å². The summed E-state index contributed by atoms with van der Waals surface area (Å²) in [6.07, 6.45) is 0. The Morgan fingerprint density at radius 1 is 1.08 bits per heavy atom. The van der Waals surface area contributed by atoms with Crippen LogP contribution in [0.5, 0.6) is 0 Å². The van der Waals surface area contributed by atoms with Crippen molar-refractivity contribution in [3.63, 3.8) is 0 Å². The van der Waals surface area contributed by atoms with Crippen molar-refractivity contribution in [1.29, 1.82) is 0 Å². The van der Waals surface area contributed by atoms with Crippen LogP contribution in [-0.2, 0) is 0 Å². The molecular weight excluding hydrogens is 175 g/mol. The predicted molar refractivity (Wildman–Crippen MR) is 44.7 cm³/mol. The molecular formula is C10H11KO. The van der Waals surface area contributed by atoms with E-state index in [9.17, 15) is 5.11 Å². The summed E-state index contributed by atoms with van der Waals surface area (Å²) in [6, 6.07) is 9.30. The standard InChI is InChI=1S/C10H12O.K/c1-8(2)10(11)9-6-4-3-5-7-9;/h3-7,11H,1-2H3;/q;+1/p-1. The van der Waals surface area contributed by atoms with E-state index in [1.54, 1.807) is 0 Å². The van der Waals surface area contributed by atoms with Crippen LogP contribution in [0.15, 0.2) is 35.9 Å². The molecule has 0 aromatic heterocycles. The minimum absolute atomic E-state index is 0. The topological polar surface area (TPSA) is 23.1 Å². The summed E-state index contributed by atoms with van der Waals surface area (Å²) in [5.74, 6) is 0.130. The Morgan fingerprint density at radius 2 is 1.58 bits per heavy atom. The fourth-order valence-corrected chi connectivity index (χ4v) is 0.878. The molecule has 0 aliphatic carbocycles. The van der Waals surface area contributed by atoms with Crippen LogP contribution in [0.1, 0.15) is 19.4 Å². The molecule has 12 heavy (non-hydrogen) atoms. The first-order chi connectivity index (χ1) is 5.22. The van der Waals surface area contributed by atoms with E-state index in [0.29, 0.717) is 0 Å². The summed E-state index contributed by atoms with van der Waals surface area (Å²) in [5, 5.41) is 11.3. The number of rotatable bonds is 1. The van der Waals surface area contributed by atoms with E-state index in [0.717, 1.165) is 11.1 Å². The molecule has 2 heteroatoms. The van der Waals surface area contributed by atoms with Crippen molar-refractivity contribution < 1.29 is 56.5 Å². The number of hydrogen-bond acceptors (Lipinski definition) is 1. The van der Waals surface area contributed by atoms with Crippen molar-refractivity contribution in [2.75, 3.05) is 0 Å². The van der Waals surface area contributed by atoms with Gasteiger partial charge in [0.05, 0.1) is 0 Å². The van der Waals surface area contributed by atoms with Crippen LogP contribution in [0.2, 0.25) is 0 Å². The van der Waals surface area contributed by atoms with Crippen LogP contribution in [0, 0.1) is 0 Å². The van der Waals surface area contributed by atoms with Gasteiger partial charge in [-0.3, -0.25) is 0 Å². The predicted octanol–water partition coefficient (Wildman–Crippen LogP) is -1.20. The zero-order valence-corrected chi connectivity index (χ0v) is 10.9. The summed E-state index contributed by atoms with van der Waals surface area (Å²) < 4.78 is 0. The quantitative estimate of drug-likeness (QED) is 0.399. The second-order valence-electron chi connectivity index (χ2n) is 2.70. The smallest absolute Gasteiger partial charge is 0.872 e. The molecule has 1 nitrogen and oxygen atoms in total. The van der Waals surface area contributed by atoms with Crippen LogP contribution in [-0.4, -0.2) is 0 Å². The largest absolute Gasteiger partial charge is 1.00 e. The maximum Gasteiger partial charge on any atom is 1.00 e. The molecule has 0 aliphatic rings. The fraction of sp³-hybridized carbons (Fsp3) is 0.200. The SMILES string of the molecule is CC(C)=C([O-])c1ccccc1.[K+]. The van der Waals surface area contributed by atoms with Crippen molar-refractivity contribution in [2.45, 2.75) is 13.8 Å². The van der Waals surface area contributed by atoms with Crippen LogP contribution in [0.25, 0.3) is 5.76 Å². The maximum absolute atomic E-state index is 11.3. The first kappa shape index (κ1) is 12.4.